The highest BCUT2D eigenvalue weighted by Gasteiger charge is 2.35. The van der Waals surface area contributed by atoms with E-state index in [0.717, 1.165) is 32.0 Å². The minimum absolute atomic E-state index is 0.0196. The van der Waals surface area contributed by atoms with Crippen LogP contribution in [0.4, 0.5) is 11.4 Å². The van der Waals surface area contributed by atoms with Gasteiger partial charge < -0.3 is 20.2 Å². The molecule has 1 aliphatic heterocycles. The van der Waals surface area contributed by atoms with E-state index < -0.39 is 0 Å². The molecule has 186 valence electrons. The maximum Gasteiger partial charge on any atom is 0.268 e. The molecule has 0 aliphatic carbocycles. The maximum absolute atomic E-state index is 13.7. The Morgan fingerprint density at radius 2 is 1.94 bits per heavy atom. The molecular formula is C28H28ClN3O3S. The van der Waals surface area contributed by atoms with Crippen LogP contribution in [0.3, 0.4) is 0 Å². The van der Waals surface area contributed by atoms with Crippen molar-refractivity contribution in [1.29, 1.82) is 0 Å². The van der Waals surface area contributed by atoms with Gasteiger partial charge in [-0.25, -0.2) is 0 Å². The number of hydrogen-bond donors (Lipinski definition) is 2. The van der Waals surface area contributed by atoms with Gasteiger partial charge in [0.2, 0.25) is 5.91 Å². The van der Waals surface area contributed by atoms with E-state index in [2.05, 4.69) is 11.4 Å². The van der Waals surface area contributed by atoms with E-state index in [9.17, 15) is 14.7 Å². The molecule has 0 bridgehead atoms. The number of phenolic OH excluding ortho intramolecular Hbond substituents is 1. The van der Waals surface area contributed by atoms with Crippen LogP contribution in [0.1, 0.15) is 33.1 Å². The van der Waals surface area contributed by atoms with Crippen molar-refractivity contribution in [3.63, 3.8) is 0 Å². The first-order chi connectivity index (χ1) is 17.2. The van der Waals surface area contributed by atoms with Crippen molar-refractivity contribution in [2.24, 2.45) is 0 Å². The lowest BCUT2D eigenvalue weighted by Crippen LogP contribution is -2.29. The summed E-state index contributed by atoms with van der Waals surface area (Å²) in [6.07, 6.45) is 0.412. The van der Waals surface area contributed by atoms with Gasteiger partial charge in [0, 0.05) is 53.1 Å². The van der Waals surface area contributed by atoms with Crippen LogP contribution in [0, 0.1) is 6.92 Å². The molecule has 1 aromatic heterocycles. The van der Waals surface area contributed by atoms with Crippen LogP contribution in [0.15, 0.2) is 48.5 Å². The molecule has 2 heterocycles. The normalized spacial score (nSPS) is 15.1. The fourth-order valence-electron chi connectivity index (χ4n) is 4.82. The molecule has 4 aromatic rings. The molecule has 6 nitrogen and oxygen atoms in total. The van der Waals surface area contributed by atoms with E-state index in [1.807, 2.05) is 62.3 Å². The second-order valence-corrected chi connectivity index (χ2v) is 11.0. The van der Waals surface area contributed by atoms with Crippen molar-refractivity contribution in [2.75, 3.05) is 43.3 Å². The number of fused-ring (bicyclic) bond motifs is 4. The number of aryl methyl sites for hydroxylation is 1. The van der Waals surface area contributed by atoms with E-state index in [1.54, 1.807) is 11.0 Å². The van der Waals surface area contributed by atoms with Gasteiger partial charge in [0.15, 0.2) is 0 Å². The van der Waals surface area contributed by atoms with Crippen molar-refractivity contribution in [2.45, 2.75) is 19.3 Å². The molecule has 8 heteroatoms. The molecule has 1 atom stereocenters. The number of hydrogen-bond acceptors (Lipinski definition) is 5. The topological polar surface area (TPSA) is 72.9 Å². The van der Waals surface area contributed by atoms with E-state index in [1.165, 1.54) is 11.3 Å². The van der Waals surface area contributed by atoms with E-state index in [0.29, 0.717) is 41.6 Å². The predicted octanol–water partition coefficient (Wildman–Crippen LogP) is 5.94. The third-order valence-corrected chi connectivity index (χ3v) is 8.10. The second-order valence-electron chi connectivity index (χ2n) is 9.61. The molecule has 3 aromatic carbocycles. The molecule has 1 aliphatic rings. The van der Waals surface area contributed by atoms with Crippen LogP contribution in [-0.4, -0.2) is 54.9 Å². The molecule has 0 saturated carbocycles. The lowest BCUT2D eigenvalue weighted by Gasteiger charge is -2.17. The zero-order valence-electron chi connectivity index (χ0n) is 20.5. The molecule has 0 fully saturated rings. The summed E-state index contributed by atoms with van der Waals surface area (Å²) in [6.45, 7) is 3.15. The highest BCUT2D eigenvalue weighted by Crippen LogP contribution is 2.46. The third-order valence-electron chi connectivity index (χ3n) is 6.62. The Morgan fingerprint density at radius 3 is 2.69 bits per heavy atom. The number of aromatic hydroxyl groups is 1. The Balaban J connectivity index is 1.46. The summed E-state index contributed by atoms with van der Waals surface area (Å²) >= 11 is 7.78. The Morgan fingerprint density at radius 1 is 1.14 bits per heavy atom. The highest BCUT2D eigenvalue weighted by molar-refractivity contribution is 7.20. The maximum atomic E-state index is 13.7. The minimum atomic E-state index is -0.118. The molecule has 2 N–H and O–H groups in total. The van der Waals surface area contributed by atoms with Crippen LogP contribution in [0.25, 0.3) is 20.9 Å². The zero-order valence-corrected chi connectivity index (χ0v) is 22.0. The number of carbonyl (C=O) groups excluding carboxylic acids is 2. The van der Waals surface area contributed by atoms with Gasteiger partial charge in [-0.05, 0) is 61.6 Å². The zero-order chi connectivity index (χ0) is 25.6. The molecule has 2 amide bonds. The number of nitrogens with zero attached hydrogens (tertiary/aromatic N) is 2. The molecule has 0 saturated heterocycles. The monoisotopic (exact) mass is 521 g/mol. The largest absolute Gasteiger partial charge is 0.507 e. The number of alkyl halides is 1. The van der Waals surface area contributed by atoms with Crippen LogP contribution < -0.4 is 10.2 Å². The second kappa shape index (κ2) is 9.73. The summed E-state index contributed by atoms with van der Waals surface area (Å²) in [5.41, 5.74) is 3.53. The van der Waals surface area contributed by atoms with Gasteiger partial charge in [-0.1, -0.05) is 23.8 Å². The van der Waals surface area contributed by atoms with Gasteiger partial charge in [-0.15, -0.1) is 22.9 Å². The number of phenols is 1. The van der Waals surface area contributed by atoms with Gasteiger partial charge in [0.05, 0.1) is 10.6 Å². The Hall–Kier alpha value is -3.13. The number of nitrogens with one attached hydrogen (secondary N) is 1. The first kappa shape index (κ1) is 24.6. The molecular weight excluding hydrogens is 494 g/mol. The average molecular weight is 522 g/mol. The van der Waals surface area contributed by atoms with Crippen LogP contribution in [0.5, 0.6) is 5.75 Å². The average Bonchev–Trinajstić information content (AvgIpc) is 3.43. The summed E-state index contributed by atoms with van der Waals surface area (Å²) < 4.78 is 0.968. The van der Waals surface area contributed by atoms with Crippen LogP contribution in [-0.2, 0) is 4.79 Å². The number of rotatable bonds is 6. The first-order valence-corrected chi connectivity index (χ1v) is 13.2. The third kappa shape index (κ3) is 4.54. The Kier molecular flexibility index (Phi) is 6.64. The number of anilines is 2. The van der Waals surface area contributed by atoms with Gasteiger partial charge in [-0.2, -0.15) is 0 Å². The van der Waals surface area contributed by atoms with Gasteiger partial charge in [0.1, 0.15) is 5.75 Å². The quantitative estimate of drug-likeness (QED) is 0.308. The number of carbonyl (C=O) groups is 2. The first-order valence-electron chi connectivity index (χ1n) is 11.9. The molecule has 5 rings (SSSR count). The van der Waals surface area contributed by atoms with Crippen molar-refractivity contribution in [3.8, 4) is 5.75 Å². The lowest BCUT2D eigenvalue weighted by atomic mass is 9.94. The number of halogens is 1. The van der Waals surface area contributed by atoms with Crippen molar-refractivity contribution >= 4 is 67.0 Å². The van der Waals surface area contributed by atoms with Crippen LogP contribution in [0.2, 0.25) is 0 Å². The van der Waals surface area contributed by atoms with E-state index in [-0.39, 0.29) is 23.5 Å². The van der Waals surface area contributed by atoms with Crippen LogP contribution >= 0.6 is 22.9 Å². The summed E-state index contributed by atoms with van der Waals surface area (Å²) in [7, 11) is 3.87. The highest BCUT2D eigenvalue weighted by atomic mass is 35.5. The number of amides is 2. The number of benzene rings is 3. The van der Waals surface area contributed by atoms with Gasteiger partial charge in [0.25, 0.3) is 5.91 Å². The number of thiophene rings is 1. The Labute approximate surface area is 219 Å². The lowest BCUT2D eigenvalue weighted by molar-refractivity contribution is -0.116. The molecule has 0 unspecified atom stereocenters. The molecule has 0 spiro atoms. The van der Waals surface area contributed by atoms with Crippen molar-refractivity contribution < 1.29 is 14.7 Å². The van der Waals surface area contributed by atoms with E-state index in [4.69, 9.17) is 11.6 Å². The minimum Gasteiger partial charge on any atom is -0.507 e. The smallest absolute Gasteiger partial charge is 0.268 e. The van der Waals surface area contributed by atoms with Gasteiger partial charge >= 0.3 is 0 Å². The van der Waals surface area contributed by atoms with Gasteiger partial charge in [-0.3, -0.25) is 9.59 Å². The molecule has 36 heavy (non-hydrogen) atoms. The fourth-order valence-corrected chi connectivity index (χ4v) is 6.06. The summed E-state index contributed by atoms with van der Waals surface area (Å²) in [6, 6.07) is 15.2. The summed E-state index contributed by atoms with van der Waals surface area (Å²) in [5.74, 6) is 0.357. The summed E-state index contributed by atoms with van der Waals surface area (Å²) in [5, 5.41) is 16.3. The van der Waals surface area contributed by atoms with E-state index >= 15 is 0 Å². The summed E-state index contributed by atoms with van der Waals surface area (Å²) in [4.78, 5) is 30.2. The van der Waals surface area contributed by atoms with Crippen molar-refractivity contribution in [1.82, 2.24) is 4.90 Å². The molecule has 0 radical (unpaired) electrons. The predicted molar refractivity (Wildman–Crippen MR) is 149 cm³/mol. The fraction of sp³-hybridized carbons (Fsp3) is 0.286. The van der Waals surface area contributed by atoms with Crippen molar-refractivity contribution in [3.05, 3.63) is 64.5 Å². The SMILES string of the molecule is Cc1ccc2c(O)cc3c(c2c1)[C@H](CCl)CN3C(=O)c1cc2cc(NC(=O)CCN(C)C)ccc2s1. The Bertz CT molecular complexity index is 1500. The standard InChI is InChI=1S/C28H28ClN3O3S/c1-16-4-6-20-21(10-16)27-18(14-29)15-32(22(27)13-23(20)33)28(35)25-12-17-11-19(5-7-24(17)36-25)30-26(34)8-9-31(2)3/h4-7,10-13,18,33H,8-9,14-15H2,1-3H3,(H,30,34)/t18-/m1/s1.